The quantitative estimate of drug-likeness (QED) is 0.636. The molecule has 0 saturated carbocycles. The summed E-state index contributed by atoms with van der Waals surface area (Å²) in [4.78, 5) is 26.5. The summed E-state index contributed by atoms with van der Waals surface area (Å²) in [5, 5.41) is 0. The number of halogens is 3. The molecule has 3 aromatic heterocycles. The third kappa shape index (κ3) is 1.79. The highest BCUT2D eigenvalue weighted by Crippen LogP contribution is 2.42. The van der Waals surface area contributed by atoms with Crippen LogP contribution in [0.3, 0.4) is 0 Å². The Balaban J connectivity index is 2.64. The Bertz CT molecular complexity index is 806. The second kappa shape index (κ2) is 3.83. The Morgan fingerprint density at radius 1 is 0.833 bits per heavy atom. The van der Waals surface area contributed by atoms with E-state index in [9.17, 15) is 22.8 Å². The molecule has 10 heteroatoms. The van der Waals surface area contributed by atoms with E-state index in [-0.39, 0.29) is 19.1 Å². The molecule has 0 N–H and O–H groups in total. The van der Waals surface area contributed by atoms with Crippen molar-refractivity contribution < 1.29 is 13.2 Å². The van der Waals surface area contributed by atoms with E-state index < -0.39 is 19.9 Å². The third-order valence-corrected chi connectivity index (χ3v) is 6.17. The van der Waals surface area contributed by atoms with Crippen LogP contribution in [0.25, 0.3) is 19.1 Å². The summed E-state index contributed by atoms with van der Waals surface area (Å²) in [6.45, 7) is 0. The van der Waals surface area contributed by atoms with Crippen LogP contribution >= 0.6 is 45.3 Å². The first-order valence-corrected chi connectivity index (χ1v) is 7.57. The Hall–Kier alpha value is -0.840. The van der Waals surface area contributed by atoms with Crippen LogP contribution in [0.15, 0.2) is 9.59 Å². The first-order valence-electron chi connectivity index (χ1n) is 4.31. The number of alkyl halides is 3. The molecule has 18 heavy (non-hydrogen) atoms. The normalized spacial score (nSPS) is 12.6. The lowest BCUT2D eigenvalue weighted by molar-refractivity contribution is -0.134. The molecule has 0 bridgehead atoms. The summed E-state index contributed by atoms with van der Waals surface area (Å²) in [5.74, 6) is 0. The molecule has 3 rings (SSSR count). The lowest BCUT2D eigenvalue weighted by Crippen LogP contribution is -2.05. The van der Waals surface area contributed by atoms with Crippen molar-refractivity contribution in [2.75, 3.05) is 0 Å². The molecule has 3 heterocycles. The van der Waals surface area contributed by atoms with Crippen LogP contribution in [0.5, 0.6) is 0 Å². The van der Waals surface area contributed by atoms with Crippen molar-refractivity contribution in [2.24, 2.45) is 0 Å². The lowest BCUT2D eigenvalue weighted by atomic mass is 10.2. The van der Waals surface area contributed by atoms with Gasteiger partial charge in [-0.3, -0.25) is 9.59 Å². The number of rotatable bonds is 0. The highest BCUT2D eigenvalue weighted by molar-refractivity contribution is 7.37. The number of hydrogen-bond donors (Lipinski definition) is 0. The molecule has 0 aromatic carbocycles. The summed E-state index contributed by atoms with van der Waals surface area (Å²) in [5.41, 5.74) is -0.908. The monoisotopic (exact) mass is 327 g/mol. The molecular formula is C8F3NO2S4. The Kier molecular flexibility index (Phi) is 2.59. The van der Waals surface area contributed by atoms with E-state index in [1.54, 1.807) is 0 Å². The smallest absolute Gasteiger partial charge is 0.265 e. The van der Waals surface area contributed by atoms with Crippen LogP contribution in [0, 0.1) is 0 Å². The van der Waals surface area contributed by atoms with Gasteiger partial charge >= 0.3 is 6.18 Å². The van der Waals surface area contributed by atoms with Gasteiger partial charge in [-0.05, 0) is 0 Å². The van der Waals surface area contributed by atoms with Crippen molar-refractivity contribution >= 4 is 64.4 Å². The van der Waals surface area contributed by atoms with Gasteiger partial charge < -0.3 is 0 Å². The van der Waals surface area contributed by atoms with Gasteiger partial charge in [-0.1, -0.05) is 45.3 Å². The van der Waals surface area contributed by atoms with Crippen molar-refractivity contribution in [3.8, 4) is 0 Å². The third-order valence-electron chi connectivity index (χ3n) is 2.06. The second-order valence-corrected chi connectivity index (χ2v) is 7.57. The molecule has 3 aromatic rings. The molecule has 0 fully saturated rings. The van der Waals surface area contributed by atoms with Gasteiger partial charge in [-0.25, -0.2) is 4.98 Å². The predicted molar refractivity (Wildman–Crippen MR) is 68.3 cm³/mol. The summed E-state index contributed by atoms with van der Waals surface area (Å²) in [6, 6.07) is 0. The van der Waals surface area contributed by atoms with E-state index in [2.05, 4.69) is 4.98 Å². The minimum absolute atomic E-state index is 0.0406. The fraction of sp³-hybridized carbons (Fsp3) is 0.125. The van der Waals surface area contributed by atoms with Gasteiger partial charge in [0.25, 0.3) is 8.11 Å². The van der Waals surface area contributed by atoms with E-state index in [4.69, 9.17) is 0 Å². The van der Waals surface area contributed by atoms with Crippen molar-refractivity contribution in [1.29, 1.82) is 0 Å². The van der Waals surface area contributed by atoms with Crippen molar-refractivity contribution in [3.05, 3.63) is 23.3 Å². The molecule has 0 radical (unpaired) electrons. The Morgan fingerprint density at radius 2 is 1.28 bits per heavy atom. The highest BCUT2D eigenvalue weighted by Gasteiger charge is 2.37. The largest absolute Gasteiger partial charge is 0.419 e. The summed E-state index contributed by atoms with van der Waals surface area (Å²) in [7, 11) is 0. The van der Waals surface area contributed by atoms with Crippen LogP contribution in [-0.2, 0) is 6.18 Å². The van der Waals surface area contributed by atoms with Crippen molar-refractivity contribution in [3.63, 3.8) is 0 Å². The number of fused-ring (bicyclic) bond motifs is 2. The summed E-state index contributed by atoms with van der Waals surface area (Å²) < 4.78 is 37.9. The highest BCUT2D eigenvalue weighted by atomic mass is 32.2. The number of aromatic nitrogens is 1. The lowest BCUT2D eigenvalue weighted by Gasteiger charge is -2.07. The van der Waals surface area contributed by atoms with Gasteiger partial charge in [0.2, 0.25) is 0 Å². The topological polar surface area (TPSA) is 47.0 Å². The van der Waals surface area contributed by atoms with Gasteiger partial charge in [-0.2, -0.15) is 13.2 Å². The second-order valence-electron chi connectivity index (χ2n) is 3.16. The first kappa shape index (κ1) is 12.2. The van der Waals surface area contributed by atoms with Crippen LogP contribution in [0.1, 0.15) is 5.56 Å². The van der Waals surface area contributed by atoms with E-state index in [1.165, 1.54) is 0 Å². The average molecular weight is 327 g/mol. The van der Waals surface area contributed by atoms with Gasteiger partial charge in [0, 0.05) is 0 Å². The molecule has 0 aliphatic carbocycles. The predicted octanol–water partition coefficient (Wildman–Crippen LogP) is 3.37. The molecule has 0 aliphatic heterocycles. The minimum atomic E-state index is -4.60. The standard InChI is InChI=1S/C8F3NO2S4/c9-8(10,11)1-2-4(17-6(13)15-2)12-5-3(1)16-7(14)18-5. The Morgan fingerprint density at radius 3 is 1.67 bits per heavy atom. The maximum Gasteiger partial charge on any atom is 0.419 e. The van der Waals surface area contributed by atoms with Gasteiger partial charge in [0.15, 0.2) is 0 Å². The van der Waals surface area contributed by atoms with Crippen LogP contribution in [0.2, 0.25) is 0 Å². The Labute approximate surface area is 112 Å². The molecule has 0 unspecified atom stereocenters. The number of pyridine rings is 1. The fourth-order valence-corrected chi connectivity index (χ4v) is 5.61. The van der Waals surface area contributed by atoms with Crippen LogP contribution in [0.4, 0.5) is 13.2 Å². The first-order chi connectivity index (χ1) is 8.36. The van der Waals surface area contributed by atoms with Crippen LogP contribution < -0.4 is 8.11 Å². The number of nitrogens with zero attached hydrogens (tertiary/aromatic N) is 1. The molecule has 0 saturated heterocycles. The molecular weight excluding hydrogens is 327 g/mol. The van der Waals surface area contributed by atoms with Crippen LogP contribution in [-0.4, -0.2) is 4.98 Å². The summed E-state index contributed by atoms with van der Waals surface area (Å²) in [6.07, 6.45) is -4.60. The molecule has 0 amide bonds. The zero-order valence-corrected chi connectivity index (χ0v) is 11.3. The van der Waals surface area contributed by atoms with Gasteiger partial charge in [0.05, 0.1) is 15.0 Å². The van der Waals surface area contributed by atoms with E-state index in [0.717, 1.165) is 0 Å². The van der Waals surface area contributed by atoms with E-state index >= 15 is 0 Å². The zero-order chi connectivity index (χ0) is 13.1. The average Bonchev–Trinajstić information content (AvgIpc) is 2.71. The molecule has 3 nitrogen and oxygen atoms in total. The van der Waals surface area contributed by atoms with Crippen molar-refractivity contribution in [1.82, 2.24) is 4.98 Å². The zero-order valence-electron chi connectivity index (χ0n) is 8.03. The molecule has 0 atom stereocenters. The maximum absolute atomic E-state index is 13.1. The summed E-state index contributed by atoms with van der Waals surface area (Å²) >= 11 is 2.37. The molecule has 0 spiro atoms. The molecule has 94 valence electrons. The SMILES string of the molecule is O=c1sc2nc3sc(=O)sc3c(C(F)(F)F)c2s1. The number of hydrogen-bond acceptors (Lipinski definition) is 7. The van der Waals surface area contributed by atoms with E-state index in [1.807, 2.05) is 0 Å². The van der Waals surface area contributed by atoms with Crippen molar-refractivity contribution in [2.45, 2.75) is 6.18 Å². The minimum Gasteiger partial charge on any atom is -0.265 e. The van der Waals surface area contributed by atoms with E-state index in [0.29, 0.717) is 45.3 Å². The van der Waals surface area contributed by atoms with Gasteiger partial charge in [-0.15, -0.1) is 0 Å². The maximum atomic E-state index is 13.1. The fourth-order valence-electron chi connectivity index (χ4n) is 1.46. The molecule has 0 aliphatic rings. The van der Waals surface area contributed by atoms with Gasteiger partial charge in [0.1, 0.15) is 9.66 Å².